The molecule has 2 atom stereocenters. The summed E-state index contributed by atoms with van der Waals surface area (Å²) in [6.07, 6.45) is 3.28. The Morgan fingerprint density at radius 3 is 3.00 bits per heavy atom. The summed E-state index contributed by atoms with van der Waals surface area (Å²) >= 11 is 2.76. The molecule has 1 fully saturated rings. The Kier molecular flexibility index (Phi) is 5.07. The molecule has 2 aliphatic heterocycles. The van der Waals surface area contributed by atoms with Crippen molar-refractivity contribution < 1.29 is 9.59 Å². The van der Waals surface area contributed by atoms with Gasteiger partial charge in [-0.3, -0.25) is 19.9 Å². The average molecular weight is 390 g/mol. The molecule has 4 heterocycles. The van der Waals surface area contributed by atoms with E-state index < -0.39 is 5.37 Å². The molecule has 0 spiro atoms. The summed E-state index contributed by atoms with van der Waals surface area (Å²) in [6.45, 7) is 2.36. The third kappa shape index (κ3) is 3.68. The highest BCUT2D eigenvalue weighted by Gasteiger charge is 2.29. The van der Waals surface area contributed by atoms with Gasteiger partial charge in [-0.1, -0.05) is 11.8 Å². The van der Waals surface area contributed by atoms with Crippen molar-refractivity contribution in [3.05, 3.63) is 35.5 Å². The van der Waals surface area contributed by atoms with Crippen LogP contribution < -0.4 is 26.6 Å². The molecule has 136 valence electrons. The van der Waals surface area contributed by atoms with Crippen LogP contribution in [0.2, 0.25) is 0 Å². The second-order valence-corrected chi connectivity index (χ2v) is 7.91. The fraction of sp³-hybridized carbons (Fsp3) is 0.312. The summed E-state index contributed by atoms with van der Waals surface area (Å²) in [5, 5.41) is 17.3. The lowest BCUT2D eigenvalue weighted by atomic mass is 10.2. The largest absolute Gasteiger partial charge is 0.363 e. The minimum atomic E-state index is -0.448. The topological polar surface area (TPSA) is 107 Å². The third-order valence-corrected chi connectivity index (χ3v) is 6.05. The van der Waals surface area contributed by atoms with Crippen LogP contribution in [0.25, 0.3) is 0 Å². The number of anilines is 2. The zero-order valence-corrected chi connectivity index (χ0v) is 15.4. The average Bonchev–Trinajstić information content (AvgIpc) is 3.29. The van der Waals surface area contributed by atoms with E-state index in [4.69, 9.17) is 0 Å². The van der Waals surface area contributed by atoms with E-state index in [0.29, 0.717) is 17.1 Å². The number of aromatic nitrogens is 1. The first kappa shape index (κ1) is 17.3. The van der Waals surface area contributed by atoms with Crippen LogP contribution in [-0.2, 0) is 4.79 Å². The predicted molar refractivity (Wildman–Crippen MR) is 103 cm³/mol. The maximum absolute atomic E-state index is 12.6. The van der Waals surface area contributed by atoms with Gasteiger partial charge in [0.15, 0.2) is 5.37 Å². The second-order valence-electron chi connectivity index (χ2n) is 5.85. The van der Waals surface area contributed by atoms with Crippen molar-refractivity contribution in [1.82, 2.24) is 20.9 Å². The predicted octanol–water partition coefficient (Wildman–Crippen LogP) is 0.874. The van der Waals surface area contributed by atoms with Crippen LogP contribution in [-0.4, -0.2) is 48.0 Å². The van der Waals surface area contributed by atoms with Gasteiger partial charge in [0.25, 0.3) is 11.8 Å². The number of piperazine rings is 1. The molecule has 0 saturated carbocycles. The molecule has 0 aromatic carbocycles. The number of fused-ring (bicyclic) bond motifs is 1. The van der Waals surface area contributed by atoms with Crippen LogP contribution in [0, 0.1) is 0 Å². The molecular weight excluding hydrogens is 372 g/mol. The lowest BCUT2D eigenvalue weighted by Crippen LogP contribution is -2.57. The smallest absolute Gasteiger partial charge is 0.258 e. The highest BCUT2D eigenvalue weighted by atomic mass is 32.2. The van der Waals surface area contributed by atoms with Gasteiger partial charge in [0, 0.05) is 30.7 Å². The quantitative estimate of drug-likeness (QED) is 0.527. The molecule has 2 unspecified atom stereocenters. The molecule has 8 nitrogen and oxygen atoms in total. The molecule has 4 rings (SSSR count). The van der Waals surface area contributed by atoms with Gasteiger partial charge >= 0.3 is 0 Å². The van der Waals surface area contributed by atoms with Crippen molar-refractivity contribution in [2.75, 3.05) is 30.3 Å². The van der Waals surface area contributed by atoms with Crippen molar-refractivity contribution in [3.63, 3.8) is 0 Å². The number of carbonyl (C=O) groups is 2. The Hall–Kier alpha value is -2.14. The van der Waals surface area contributed by atoms with Gasteiger partial charge < -0.3 is 21.3 Å². The first-order chi connectivity index (χ1) is 12.7. The van der Waals surface area contributed by atoms with Gasteiger partial charge in [-0.05, 0) is 17.5 Å². The van der Waals surface area contributed by atoms with Crippen molar-refractivity contribution >= 4 is 45.6 Å². The maximum atomic E-state index is 12.6. The normalized spacial score (nSPS) is 21.5. The van der Waals surface area contributed by atoms with Crippen LogP contribution in [0.15, 0.2) is 34.8 Å². The van der Waals surface area contributed by atoms with Gasteiger partial charge in [-0.2, -0.15) is 0 Å². The van der Waals surface area contributed by atoms with E-state index >= 15 is 0 Å². The van der Waals surface area contributed by atoms with E-state index in [2.05, 4.69) is 31.6 Å². The van der Waals surface area contributed by atoms with Gasteiger partial charge in [-0.25, -0.2) is 0 Å². The first-order valence-electron chi connectivity index (χ1n) is 8.21. The van der Waals surface area contributed by atoms with Crippen molar-refractivity contribution in [2.24, 2.45) is 0 Å². The highest BCUT2D eigenvalue weighted by Crippen LogP contribution is 2.38. The summed E-state index contributed by atoms with van der Waals surface area (Å²) < 4.78 is 0. The molecule has 2 aromatic rings. The number of hydrogen-bond acceptors (Lipinski definition) is 8. The Morgan fingerprint density at radius 1 is 1.27 bits per heavy atom. The first-order valence-corrected chi connectivity index (χ1v) is 9.97. The molecule has 2 aliphatic rings. The Bertz CT molecular complexity index is 796. The fourth-order valence-electron chi connectivity index (χ4n) is 2.76. The van der Waals surface area contributed by atoms with Gasteiger partial charge in [-0.15, -0.1) is 11.3 Å². The lowest BCUT2D eigenvalue weighted by Gasteiger charge is -2.25. The summed E-state index contributed by atoms with van der Waals surface area (Å²) in [7, 11) is 0. The molecule has 0 bridgehead atoms. The van der Waals surface area contributed by atoms with E-state index in [-0.39, 0.29) is 18.0 Å². The molecule has 0 aliphatic carbocycles. The standard InChI is InChI=1S/C16H18N6O2S2/c23-13(21-12-8-18-4-5-19-12)9-2-6-25-15(9)22-14(24)16-20-10-7-17-3-1-11(10)26-16/h1-3,6-7,12,16,18-20H,4-5,8H2,(H,21,23)(H,22,24). The summed E-state index contributed by atoms with van der Waals surface area (Å²) in [5.74, 6) is -0.401. The second kappa shape index (κ2) is 7.62. The van der Waals surface area contributed by atoms with E-state index in [0.717, 1.165) is 23.7 Å². The van der Waals surface area contributed by atoms with Crippen LogP contribution in [0.4, 0.5) is 10.7 Å². The third-order valence-electron chi connectivity index (χ3n) is 4.04. The minimum absolute atomic E-state index is 0.117. The number of nitrogens with zero attached hydrogens (tertiary/aromatic N) is 1. The Labute approximate surface area is 158 Å². The summed E-state index contributed by atoms with van der Waals surface area (Å²) in [5.41, 5.74) is 1.32. The molecule has 2 aromatic heterocycles. The lowest BCUT2D eigenvalue weighted by molar-refractivity contribution is -0.115. The summed E-state index contributed by atoms with van der Waals surface area (Å²) in [6, 6.07) is 3.59. The molecule has 2 amide bonds. The molecule has 5 N–H and O–H groups in total. The van der Waals surface area contributed by atoms with E-state index in [1.165, 1.54) is 23.1 Å². The fourth-order valence-corrected chi connectivity index (χ4v) is 4.53. The van der Waals surface area contributed by atoms with Crippen LogP contribution in [0.1, 0.15) is 10.4 Å². The van der Waals surface area contributed by atoms with E-state index in [9.17, 15) is 9.59 Å². The Balaban J connectivity index is 1.39. The molecule has 26 heavy (non-hydrogen) atoms. The van der Waals surface area contributed by atoms with Gasteiger partial charge in [0.2, 0.25) is 0 Å². The van der Waals surface area contributed by atoms with E-state index in [1.807, 2.05) is 6.07 Å². The molecule has 0 radical (unpaired) electrons. The van der Waals surface area contributed by atoms with Crippen LogP contribution in [0.5, 0.6) is 0 Å². The van der Waals surface area contributed by atoms with E-state index in [1.54, 1.807) is 23.8 Å². The molecular formula is C16H18N6O2S2. The van der Waals surface area contributed by atoms with Crippen molar-refractivity contribution in [1.29, 1.82) is 0 Å². The molecule has 1 saturated heterocycles. The Morgan fingerprint density at radius 2 is 2.19 bits per heavy atom. The van der Waals surface area contributed by atoms with Gasteiger partial charge in [0.05, 0.1) is 23.6 Å². The highest BCUT2D eigenvalue weighted by molar-refractivity contribution is 8.01. The van der Waals surface area contributed by atoms with Crippen molar-refractivity contribution in [2.45, 2.75) is 16.4 Å². The zero-order chi connectivity index (χ0) is 17.9. The number of rotatable bonds is 4. The minimum Gasteiger partial charge on any atom is -0.363 e. The summed E-state index contributed by atoms with van der Waals surface area (Å²) in [4.78, 5) is 30.1. The monoisotopic (exact) mass is 390 g/mol. The zero-order valence-electron chi connectivity index (χ0n) is 13.7. The number of amides is 2. The number of carbonyl (C=O) groups excluding carboxylic acids is 2. The number of thiophene rings is 1. The number of nitrogens with one attached hydrogen (secondary N) is 5. The van der Waals surface area contributed by atoms with Gasteiger partial charge in [0.1, 0.15) is 5.00 Å². The van der Waals surface area contributed by atoms with Crippen molar-refractivity contribution in [3.8, 4) is 0 Å². The molecule has 10 heteroatoms. The van der Waals surface area contributed by atoms with Crippen LogP contribution in [0.3, 0.4) is 0 Å². The number of pyridine rings is 1. The SMILES string of the molecule is O=C(NC1CNCCN1)c1ccsc1NC(=O)C1Nc2cnccc2S1. The van der Waals surface area contributed by atoms with Crippen LogP contribution >= 0.6 is 23.1 Å². The number of thioether (sulfide) groups is 1. The number of hydrogen-bond donors (Lipinski definition) is 5. The maximum Gasteiger partial charge on any atom is 0.258 e.